The van der Waals surface area contributed by atoms with Gasteiger partial charge in [-0.2, -0.15) is 0 Å². The molecule has 0 radical (unpaired) electrons. The van der Waals surface area contributed by atoms with Gasteiger partial charge in [-0.25, -0.2) is 0 Å². The number of rotatable bonds is 9. The van der Waals surface area contributed by atoms with Gasteiger partial charge in [-0.15, -0.1) is 0 Å². The van der Waals surface area contributed by atoms with Crippen LogP contribution >= 0.6 is 0 Å². The summed E-state index contributed by atoms with van der Waals surface area (Å²) in [5.41, 5.74) is 2.94. The average Bonchev–Trinajstić information content (AvgIpc) is 2.62. The van der Waals surface area contributed by atoms with Crippen molar-refractivity contribution in [2.75, 3.05) is 5.32 Å². The zero-order valence-corrected chi connectivity index (χ0v) is 13.6. The van der Waals surface area contributed by atoms with Gasteiger partial charge in [0.2, 0.25) is 0 Å². The van der Waals surface area contributed by atoms with Gasteiger partial charge in [0.05, 0.1) is 5.69 Å². The van der Waals surface area contributed by atoms with Gasteiger partial charge in [0.15, 0.2) is 0 Å². The van der Waals surface area contributed by atoms with E-state index in [0.717, 1.165) is 29.8 Å². The fraction of sp³-hybridized carbons (Fsp3) is 0.200. The van der Waals surface area contributed by atoms with E-state index >= 15 is 0 Å². The molecule has 0 unspecified atom stereocenters. The van der Waals surface area contributed by atoms with E-state index in [4.69, 9.17) is 5.11 Å². The maximum absolute atomic E-state index is 10.6. The second-order valence-electron chi connectivity index (χ2n) is 5.42. The van der Waals surface area contributed by atoms with E-state index in [1.165, 1.54) is 0 Å². The van der Waals surface area contributed by atoms with Crippen molar-refractivity contribution in [2.45, 2.75) is 25.7 Å². The van der Waals surface area contributed by atoms with E-state index in [0.29, 0.717) is 6.42 Å². The summed E-state index contributed by atoms with van der Waals surface area (Å²) in [6.45, 7) is 0. The summed E-state index contributed by atoms with van der Waals surface area (Å²) in [5.74, 6) is -0.749. The van der Waals surface area contributed by atoms with E-state index in [-0.39, 0.29) is 6.42 Å². The highest BCUT2D eigenvalue weighted by molar-refractivity contribution is 5.81. The molecule has 2 aromatic rings. The van der Waals surface area contributed by atoms with Crippen LogP contribution in [0, 0.1) is 0 Å². The number of allylic oxidation sites excluding steroid dienone is 1. The summed E-state index contributed by atoms with van der Waals surface area (Å²) in [7, 11) is 0. The third-order valence-electron chi connectivity index (χ3n) is 3.44. The van der Waals surface area contributed by atoms with Gasteiger partial charge in [0, 0.05) is 24.5 Å². The van der Waals surface area contributed by atoms with Gasteiger partial charge in [-0.1, -0.05) is 36.4 Å². The van der Waals surface area contributed by atoms with Crippen LogP contribution in [-0.2, 0) is 4.79 Å². The molecule has 0 spiro atoms. The van der Waals surface area contributed by atoms with Crippen LogP contribution in [0.25, 0.3) is 0 Å². The topological polar surface area (TPSA) is 61.7 Å². The van der Waals surface area contributed by atoms with E-state index < -0.39 is 5.97 Å². The quantitative estimate of drug-likeness (QED) is 0.503. The third-order valence-corrected chi connectivity index (χ3v) is 3.44. The summed E-state index contributed by atoms with van der Waals surface area (Å²) in [4.78, 5) is 15.1. The molecule has 0 aromatic heterocycles. The van der Waals surface area contributed by atoms with Crippen LogP contribution in [0.5, 0.6) is 0 Å². The third kappa shape index (κ3) is 6.92. The highest BCUT2D eigenvalue weighted by atomic mass is 16.4. The number of nitrogens with zero attached hydrogens (tertiary/aromatic N) is 1. The number of nitrogens with one attached hydrogen (secondary N) is 1. The fourth-order valence-corrected chi connectivity index (χ4v) is 2.16. The van der Waals surface area contributed by atoms with Crippen LogP contribution in [0.2, 0.25) is 0 Å². The van der Waals surface area contributed by atoms with Crippen LogP contribution < -0.4 is 5.32 Å². The molecule has 124 valence electrons. The van der Waals surface area contributed by atoms with E-state index in [9.17, 15) is 4.79 Å². The van der Waals surface area contributed by atoms with Crippen molar-refractivity contribution in [3.05, 3.63) is 72.4 Å². The average molecular weight is 322 g/mol. The first kappa shape index (κ1) is 17.5. The Kier molecular flexibility index (Phi) is 7.28. The molecule has 0 aliphatic rings. The Balaban J connectivity index is 1.99. The predicted octanol–water partition coefficient (Wildman–Crippen LogP) is 5.03. The van der Waals surface area contributed by atoms with Crippen molar-refractivity contribution >= 4 is 23.6 Å². The smallest absolute Gasteiger partial charge is 0.303 e. The van der Waals surface area contributed by atoms with Gasteiger partial charge in [0.1, 0.15) is 0 Å². The summed E-state index contributed by atoms with van der Waals surface area (Å²) in [5, 5.41) is 12.0. The van der Waals surface area contributed by atoms with Crippen LogP contribution in [0.15, 0.2) is 77.4 Å². The van der Waals surface area contributed by atoms with Crippen LogP contribution in [-0.4, -0.2) is 17.3 Å². The summed E-state index contributed by atoms with van der Waals surface area (Å²) in [6, 6.07) is 19.7. The van der Waals surface area contributed by atoms with Gasteiger partial charge in [-0.05, 0) is 49.1 Å². The molecule has 4 nitrogen and oxygen atoms in total. The van der Waals surface area contributed by atoms with Crippen LogP contribution in [0.4, 0.5) is 11.4 Å². The Labute approximate surface area is 142 Å². The van der Waals surface area contributed by atoms with Crippen LogP contribution in [0.1, 0.15) is 25.7 Å². The zero-order valence-electron chi connectivity index (χ0n) is 13.6. The summed E-state index contributed by atoms with van der Waals surface area (Å²) < 4.78 is 0. The standard InChI is InChI=1S/C20H22N2O2/c23-20(24)14-8-7-9-17(15-21-18-10-3-1-4-11-18)16-22-19-12-5-2-6-13-19/h1-6,10-13,15-16,21H,7-9,14H2,(H,23,24)/b17-15-,22-16?. The number of carboxylic acids is 1. The summed E-state index contributed by atoms with van der Waals surface area (Å²) >= 11 is 0. The van der Waals surface area contributed by atoms with Gasteiger partial charge in [0.25, 0.3) is 0 Å². The molecule has 0 aliphatic carbocycles. The first-order valence-corrected chi connectivity index (χ1v) is 8.05. The predicted molar refractivity (Wildman–Crippen MR) is 98.8 cm³/mol. The molecule has 24 heavy (non-hydrogen) atoms. The normalized spacial score (nSPS) is 11.6. The minimum absolute atomic E-state index is 0.204. The molecule has 0 heterocycles. The van der Waals surface area contributed by atoms with Crippen molar-refractivity contribution in [3.8, 4) is 0 Å². The molecule has 2 rings (SSSR count). The molecular weight excluding hydrogens is 300 g/mol. The molecule has 0 fully saturated rings. The molecule has 0 saturated carbocycles. The largest absolute Gasteiger partial charge is 0.481 e. The number of unbranched alkanes of at least 4 members (excludes halogenated alkanes) is 1. The lowest BCUT2D eigenvalue weighted by Gasteiger charge is -2.05. The Morgan fingerprint density at radius 3 is 2.25 bits per heavy atom. The number of carbonyl (C=O) groups is 1. The maximum Gasteiger partial charge on any atom is 0.303 e. The Hall–Kier alpha value is -2.88. The van der Waals surface area contributed by atoms with Gasteiger partial charge >= 0.3 is 5.97 Å². The number of aliphatic imine (C=N–C) groups is 1. The highest BCUT2D eigenvalue weighted by Crippen LogP contribution is 2.14. The minimum Gasteiger partial charge on any atom is -0.481 e. The van der Waals surface area contributed by atoms with Crippen molar-refractivity contribution in [3.63, 3.8) is 0 Å². The van der Waals surface area contributed by atoms with Crippen molar-refractivity contribution < 1.29 is 9.90 Å². The lowest BCUT2D eigenvalue weighted by molar-refractivity contribution is -0.137. The molecule has 0 saturated heterocycles. The van der Waals surface area contributed by atoms with E-state index in [1.807, 2.05) is 73.1 Å². The first-order valence-electron chi connectivity index (χ1n) is 8.05. The number of hydrogen-bond donors (Lipinski definition) is 2. The zero-order chi connectivity index (χ0) is 17.0. The summed E-state index contributed by atoms with van der Waals surface area (Å²) in [6.07, 6.45) is 6.24. The van der Waals surface area contributed by atoms with Gasteiger partial charge in [-0.3, -0.25) is 9.79 Å². The Morgan fingerprint density at radius 1 is 0.958 bits per heavy atom. The number of carboxylic acid groups (broad SMARTS) is 1. The SMILES string of the molecule is O=C(O)CCCC/C(C=Nc1ccccc1)=C/Nc1ccccc1. The molecule has 2 N–H and O–H groups in total. The van der Waals surface area contributed by atoms with Crippen LogP contribution in [0.3, 0.4) is 0 Å². The lowest BCUT2D eigenvalue weighted by atomic mass is 10.1. The molecule has 4 heteroatoms. The number of anilines is 1. The highest BCUT2D eigenvalue weighted by Gasteiger charge is 1.99. The van der Waals surface area contributed by atoms with Crippen molar-refractivity contribution in [1.29, 1.82) is 0 Å². The second kappa shape index (κ2) is 10.0. The van der Waals surface area contributed by atoms with Crippen molar-refractivity contribution in [1.82, 2.24) is 0 Å². The lowest BCUT2D eigenvalue weighted by Crippen LogP contribution is -1.96. The number of aliphatic carboxylic acids is 1. The Morgan fingerprint density at radius 2 is 1.58 bits per heavy atom. The second-order valence-corrected chi connectivity index (χ2v) is 5.42. The molecule has 0 bridgehead atoms. The maximum atomic E-state index is 10.6. The Bertz CT molecular complexity index is 679. The number of benzene rings is 2. The van der Waals surface area contributed by atoms with Gasteiger partial charge < -0.3 is 10.4 Å². The van der Waals surface area contributed by atoms with E-state index in [1.54, 1.807) is 0 Å². The fourth-order valence-electron chi connectivity index (χ4n) is 2.16. The minimum atomic E-state index is -0.749. The first-order chi connectivity index (χ1) is 11.7. The van der Waals surface area contributed by atoms with E-state index in [2.05, 4.69) is 10.3 Å². The molecule has 0 aliphatic heterocycles. The molecule has 2 aromatic carbocycles. The molecule has 0 atom stereocenters. The number of hydrogen-bond acceptors (Lipinski definition) is 3. The monoisotopic (exact) mass is 322 g/mol. The number of para-hydroxylation sites is 2. The molecular formula is C20H22N2O2. The van der Waals surface area contributed by atoms with Crippen molar-refractivity contribution in [2.24, 2.45) is 4.99 Å². The molecule has 0 amide bonds.